The predicted molar refractivity (Wildman–Crippen MR) is 169 cm³/mol. The number of carbonyl (C=O) groups excluding carboxylic acids is 1. The Morgan fingerprint density at radius 2 is 1.70 bits per heavy atom. The second-order valence-corrected chi connectivity index (χ2v) is 10.8. The van der Waals surface area contributed by atoms with Gasteiger partial charge in [0.2, 0.25) is 0 Å². The first-order valence-corrected chi connectivity index (χ1v) is 14.6. The summed E-state index contributed by atoms with van der Waals surface area (Å²) < 4.78 is 0. The molecule has 43 heavy (non-hydrogen) atoms. The van der Waals surface area contributed by atoms with Gasteiger partial charge in [0.15, 0.2) is 5.84 Å². The number of amides is 1. The van der Waals surface area contributed by atoms with E-state index in [1.807, 2.05) is 48.5 Å². The quantitative estimate of drug-likeness (QED) is 0.174. The van der Waals surface area contributed by atoms with Gasteiger partial charge in [-0.05, 0) is 71.0 Å². The SMILES string of the molecule is Cc1c(NC(=O)c2ccc(CNCCO)cn2)cccc1-c1cccc(C2N=C3C(Cl)=CC(CNCCO)=CN3N2)c1C. The van der Waals surface area contributed by atoms with Gasteiger partial charge in [-0.25, -0.2) is 4.99 Å². The lowest BCUT2D eigenvalue weighted by Gasteiger charge is -2.23. The van der Waals surface area contributed by atoms with Gasteiger partial charge in [-0.3, -0.25) is 14.8 Å². The van der Waals surface area contributed by atoms with Gasteiger partial charge in [0.1, 0.15) is 11.9 Å². The Bertz CT molecular complexity index is 1570. The molecule has 0 aliphatic carbocycles. The lowest BCUT2D eigenvalue weighted by molar-refractivity contribution is 0.102. The molecule has 1 amide bonds. The minimum atomic E-state index is -0.325. The van der Waals surface area contributed by atoms with Crippen LogP contribution in [0.25, 0.3) is 11.1 Å². The van der Waals surface area contributed by atoms with E-state index in [0.29, 0.717) is 48.4 Å². The first-order valence-electron chi connectivity index (χ1n) is 14.2. The zero-order valence-electron chi connectivity index (χ0n) is 24.2. The molecular weight excluding hydrogens is 566 g/mol. The minimum absolute atomic E-state index is 0.0668. The number of halogens is 1. The Hall–Kier alpha value is -3.90. The maximum atomic E-state index is 13.0. The third kappa shape index (κ3) is 7.02. The van der Waals surface area contributed by atoms with Crippen LogP contribution in [0.1, 0.15) is 38.9 Å². The van der Waals surface area contributed by atoms with E-state index < -0.39 is 0 Å². The third-order valence-corrected chi connectivity index (χ3v) is 7.67. The molecule has 2 aromatic carbocycles. The first-order chi connectivity index (χ1) is 20.9. The number of nitrogens with zero attached hydrogens (tertiary/aromatic N) is 3. The van der Waals surface area contributed by atoms with E-state index in [1.165, 1.54) is 0 Å². The number of hydrogen-bond acceptors (Lipinski definition) is 9. The molecule has 6 N–H and O–H groups in total. The molecule has 224 valence electrons. The van der Waals surface area contributed by atoms with Crippen LogP contribution in [-0.2, 0) is 6.54 Å². The number of amidine groups is 1. The number of anilines is 1. The molecule has 5 rings (SSSR count). The smallest absolute Gasteiger partial charge is 0.274 e. The summed E-state index contributed by atoms with van der Waals surface area (Å²) in [5.74, 6) is 0.374. The minimum Gasteiger partial charge on any atom is -0.395 e. The van der Waals surface area contributed by atoms with Gasteiger partial charge >= 0.3 is 0 Å². The van der Waals surface area contributed by atoms with Crippen LogP contribution < -0.4 is 21.4 Å². The van der Waals surface area contributed by atoms with E-state index in [4.69, 9.17) is 26.8 Å². The lowest BCUT2D eigenvalue weighted by Crippen LogP contribution is -2.36. The summed E-state index contributed by atoms with van der Waals surface area (Å²) in [4.78, 5) is 22.2. The Morgan fingerprint density at radius 3 is 2.42 bits per heavy atom. The van der Waals surface area contributed by atoms with Gasteiger partial charge in [-0.2, -0.15) is 5.43 Å². The summed E-state index contributed by atoms with van der Waals surface area (Å²) in [7, 11) is 0. The molecule has 1 aromatic heterocycles. The van der Waals surface area contributed by atoms with Crippen molar-refractivity contribution in [3.8, 4) is 11.1 Å². The maximum Gasteiger partial charge on any atom is 0.274 e. The van der Waals surface area contributed by atoms with Crippen molar-refractivity contribution in [3.05, 3.63) is 106 Å². The average Bonchev–Trinajstić information content (AvgIpc) is 3.44. The number of benzene rings is 2. The summed E-state index contributed by atoms with van der Waals surface area (Å²) in [5.41, 5.74) is 11.5. The van der Waals surface area contributed by atoms with Gasteiger partial charge in [0.05, 0.1) is 18.2 Å². The van der Waals surface area contributed by atoms with Gasteiger partial charge < -0.3 is 26.2 Å². The molecule has 0 bridgehead atoms. The molecule has 11 heteroatoms. The number of fused-ring (bicyclic) bond motifs is 1. The van der Waals surface area contributed by atoms with Crippen LogP contribution in [0.15, 0.2) is 82.6 Å². The Morgan fingerprint density at radius 1 is 0.977 bits per heavy atom. The van der Waals surface area contributed by atoms with Gasteiger partial charge in [-0.1, -0.05) is 48.0 Å². The monoisotopic (exact) mass is 601 g/mol. The number of hydrazine groups is 1. The van der Waals surface area contributed by atoms with Crippen molar-refractivity contribution < 1.29 is 15.0 Å². The number of aromatic nitrogens is 1. The fourth-order valence-corrected chi connectivity index (χ4v) is 5.41. The standard InChI is InChI=1S/C32H36ClN7O3/c1-20-24(5-3-7-26(20)30-38-31-27(33)15-23(17-35-12-14-42)19-40(31)39-30)25-6-4-8-28(21(25)2)37-32(43)29-10-9-22(18-36-29)16-34-11-13-41/h3-10,15,18-19,30,34-35,39,41-42H,11-14,16-17H2,1-2H3,(H,37,43). The van der Waals surface area contributed by atoms with Crippen molar-refractivity contribution in [3.63, 3.8) is 0 Å². The van der Waals surface area contributed by atoms with E-state index in [1.54, 1.807) is 12.3 Å². The van der Waals surface area contributed by atoms with Crippen LogP contribution in [0.3, 0.4) is 0 Å². The highest BCUT2D eigenvalue weighted by Gasteiger charge is 2.30. The molecule has 0 spiro atoms. The van der Waals surface area contributed by atoms with E-state index in [9.17, 15) is 4.79 Å². The van der Waals surface area contributed by atoms with Crippen molar-refractivity contribution in [2.75, 3.05) is 38.2 Å². The molecule has 10 nitrogen and oxygen atoms in total. The van der Waals surface area contributed by atoms with Gasteiger partial charge in [0.25, 0.3) is 5.91 Å². The molecule has 3 aromatic rings. The number of aliphatic imine (C=N–C) groups is 1. The van der Waals surface area contributed by atoms with E-state index in [2.05, 4.69) is 51.5 Å². The Balaban J connectivity index is 1.33. The van der Waals surface area contributed by atoms with Crippen LogP contribution in [-0.4, -0.2) is 64.8 Å². The van der Waals surface area contributed by atoms with E-state index in [0.717, 1.165) is 39.0 Å². The second kappa shape index (κ2) is 14.0. The molecule has 1 unspecified atom stereocenters. The molecule has 3 heterocycles. The number of aliphatic hydroxyl groups excluding tert-OH is 2. The topological polar surface area (TPSA) is 134 Å². The molecule has 0 saturated heterocycles. The lowest BCUT2D eigenvalue weighted by atomic mass is 9.92. The van der Waals surface area contributed by atoms with Crippen molar-refractivity contribution in [2.45, 2.75) is 26.6 Å². The number of nitrogens with one attached hydrogen (secondary N) is 4. The molecule has 2 aliphatic heterocycles. The third-order valence-electron chi connectivity index (χ3n) is 7.40. The normalized spacial score (nSPS) is 16.0. The fraction of sp³-hybridized carbons (Fsp3) is 0.281. The average molecular weight is 602 g/mol. The number of pyridine rings is 1. The van der Waals surface area contributed by atoms with Gasteiger partial charge in [-0.15, -0.1) is 0 Å². The van der Waals surface area contributed by atoms with E-state index in [-0.39, 0.29) is 25.3 Å². The number of hydrogen-bond donors (Lipinski definition) is 6. The summed E-state index contributed by atoms with van der Waals surface area (Å²) in [6.07, 6.45) is 5.19. The maximum absolute atomic E-state index is 13.0. The molecule has 2 aliphatic rings. The highest BCUT2D eigenvalue weighted by atomic mass is 35.5. The summed E-state index contributed by atoms with van der Waals surface area (Å²) in [5, 5.41) is 29.7. The molecular formula is C32H36ClN7O3. The highest BCUT2D eigenvalue weighted by molar-refractivity contribution is 6.43. The van der Waals surface area contributed by atoms with Gasteiger partial charge in [0, 0.05) is 44.3 Å². The van der Waals surface area contributed by atoms with Crippen LogP contribution in [0.5, 0.6) is 0 Å². The number of rotatable bonds is 12. The predicted octanol–water partition coefficient (Wildman–Crippen LogP) is 3.52. The van der Waals surface area contributed by atoms with Crippen LogP contribution in [0, 0.1) is 13.8 Å². The van der Waals surface area contributed by atoms with Crippen molar-refractivity contribution >= 4 is 29.0 Å². The van der Waals surface area contributed by atoms with Crippen LogP contribution in [0.4, 0.5) is 5.69 Å². The number of carbonyl (C=O) groups is 1. The highest BCUT2D eigenvalue weighted by Crippen LogP contribution is 2.36. The molecule has 1 atom stereocenters. The largest absolute Gasteiger partial charge is 0.395 e. The fourth-order valence-electron chi connectivity index (χ4n) is 5.13. The second-order valence-electron chi connectivity index (χ2n) is 10.4. The van der Waals surface area contributed by atoms with Crippen LogP contribution >= 0.6 is 11.6 Å². The molecule has 0 radical (unpaired) electrons. The first kappa shape index (κ1) is 30.6. The summed E-state index contributed by atoms with van der Waals surface area (Å²) in [6.45, 7) is 6.37. The number of aliphatic hydroxyl groups is 2. The summed E-state index contributed by atoms with van der Waals surface area (Å²) in [6, 6.07) is 15.6. The molecule has 0 fully saturated rings. The van der Waals surface area contributed by atoms with E-state index >= 15 is 0 Å². The van der Waals surface area contributed by atoms with Crippen molar-refractivity contribution in [1.82, 2.24) is 26.1 Å². The Kier molecular flexibility index (Phi) is 9.98. The Labute approximate surface area is 256 Å². The molecule has 0 saturated carbocycles. The zero-order valence-corrected chi connectivity index (χ0v) is 24.9. The van der Waals surface area contributed by atoms with Crippen molar-refractivity contribution in [2.24, 2.45) is 4.99 Å². The van der Waals surface area contributed by atoms with Crippen LogP contribution in [0.2, 0.25) is 0 Å². The summed E-state index contributed by atoms with van der Waals surface area (Å²) >= 11 is 6.58. The zero-order chi connectivity index (χ0) is 30.3. The van der Waals surface area contributed by atoms with Crippen molar-refractivity contribution in [1.29, 1.82) is 0 Å².